The molecule has 1 aromatic rings. The molecule has 0 aliphatic heterocycles. The molecule has 0 heterocycles. The van der Waals surface area contributed by atoms with Crippen molar-refractivity contribution in [2.24, 2.45) is 11.1 Å². The summed E-state index contributed by atoms with van der Waals surface area (Å²) in [6, 6.07) is 6.33. The van der Waals surface area contributed by atoms with Gasteiger partial charge in [0.05, 0.1) is 0 Å². The van der Waals surface area contributed by atoms with Crippen LogP contribution in [-0.2, 0) is 11.3 Å². The topological polar surface area (TPSA) is 46.3 Å². The van der Waals surface area contributed by atoms with Crippen molar-refractivity contribution in [1.29, 1.82) is 0 Å². The highest BCUT2D eigenvalue weighted by Crippen LogP contribution is 2.20. The molecule has 0 radical (unpaired) electrons. The summed E-state index contributed by atoms with van der Waals surface area (Å²) in [5.41, 5.74) is 9.26. The van der Waals surface area contributed by atoms with Gasteiger partial charge in [-0.1, -0.05) is 32.0 Å². The number of rotatable bonds is 5. The van der Waals surface area contributed by atoms with E-state index in [2.05, 4.69) is 32.0 Å². The minimum Gasteiger partial charge on any atom is -0.341 e. The molecule has 0 atom stereocenters. The molecule has 0 aliphatic carbocycles. The lowest BCUT2D eigenvalue weighted by atomic mass is 9.89. The molecule has 0 aliphatic rings. The smallest absolute Gasteiger partial charge is 0.223 e. The van der Waals surface area contributed by atoms with Crippen LogP contribution in [0.5, 0.6) is 0 Å². The van der Waals surface area contributed by atoms with Gasteiger partial charge in [0.1, 0.15) is 0 Å². The van der Waals surface area contributed by atoms with Gasteiger partial charge in [0, 0.05) is 20.0 Å². The summed E-state index contributed by atoms with van der Waals surface area (Å²) < 4.78 is 0. The number of hydrogen-bond donors (Lipinski definition) is 1. The van der Waals surface area contributed by atoms with Gasteiger partial charge in [-0.25, -0.2) is 0 Å². The van der Waals surface area contributed by atoms with E-state index in [9.17, 15) is 4.79 Å². The molecule has 1 aromatic carbocycles. The molecule has 0 unspecified atom stereocenters. The normalized spacial score (nSPS) is 11.5. The first-order chi connectivity index (χ1) is 8.75. The quantitative estimate of drug-likeness (QED) is 0.886. The van der Waals surface area contributed by atoms with Crippen LogP contribution < -0.4 is 5.73 Å². The highest BCUT2D eigenvalue weighted by molar-refractivity contribution is 5.76. The second-order valence-electron chi connectivity index (χ2n) is 6.21. The van der Waals surface area contributed by atoms with Gasteiger partial charge in [0.25, 0.3) is 0 Å². The van der Waals surface area contributed by atoms with Crippen LogP contribution in [0.25, 0.3) is 0 Å². The van der Waals surface area contributed by atoms with E-state index in [1.165, 1.54) is 16.7 Å². The molecule has 19 heavy (non-hydrogen) atoms. The van der Waals surface area contributed by atoms with Crippen molar-refractivity contribution in [3.63, 3.8) is 0 Å². The molecule has 1 rings (SSSR count). The van der Waals surface area contributed by atoms with Crippen LogP contribution in [0.1, 0.15) is 37.0 Å². The third kappa shape index (κ3) is 4.67. The third-order valence-corrected chi connectivity index (χ3v) is 3.60. The van der Waals surface area contributed by atoms with Gasteiger partial charge in [-0.2, -0.15) is 0 Å². The fourth-order valence-corrected chi connectivity index (χ4v) is 1.88. The maximum atomic E-state index is 12.1. The molecule has 0 bridgehead atoms. The number of nitrogens with zero attached hydrogens (tertiary/aromatic N) is 1. The zero-order valence-electron chi connectivity index (χ0n) is 12.8. The molecule has 0 spiro atoms. The van der Waals surface area contributed by atoms with E-state index < -0.39 is 0 Å². The van der Waals surface area contributed by atoms with E-state index in [0.717, 1.165) is 0 Å². The molecule has 0 saturated heterocycles. The van der Waals surface area contributed by atoms with Gasteiger partial charge in [-0.3, -0.25) is 4.79 Å². The summed E-state index contributed by atoms with van der Waals surface area (Å²) >= 11 is 0. The third-order valence-electron chi connectivity index (χ3n) is 3.60. The summed E-state index contributed by atoms with van der Waals surface area (Å²) in [7, 11) is 1.85. The predicted molar refractivity (Wildman–Crippen MR) is 79.8 cm³/mol. The number of hydrogen-bond acceptors (Lipinski definition) is 2. The van der Waals surface area contributed by atoms with Crippen LogP contribution in [0.3, 0.4) is 0 Å². The highest BCUT2D eigenvalue weighted by atomic mass is 16.2. The van der Waals surface area contributed by atoms with Crippen LogP contribution in [-0.4, -0.2) is 24.4 Å². The van der Waals surface area contributed by atoms with Crippen molar-refractivity contribution >= 4 is 5.91 Å². The summed E-state index contributed by atoms with van der Waals surface area (Å²) in [6.07, 6.45) is 0.491. The Bertz CT molecular complexity index is 452. The summed E-state index contributed by atoms with van der Waals surface area (Å²) in [5.74, 6) is 0.147. The summed E-state index contributed by atoms with van der Waals surface area (Å²) in [4.78, 5) is 13.9. The average molecular weight is 262 g/mol. The monoisotopic (exact) mass is 262 g/mol. The number of carbonyl (C=O) groups is 1. The molecule has 3 nitrogen and oxygen atoms in total. The fourth-order valence-electron chi connectivity index (χ4n) is 1.88. The number of amides is 1. The zero-order valence-corrected chi connectivity index (χ0v) is 12.8. The maximum Gasteiger partial charge on any atom is 0.223 e. The number of nitrogens with two attached hydrogens (primary N) is 1. The molecule has 2 N–H and O–H groups in total. The molecule has 3 heteroatoms. The first-order valence-corrected chi connectivity index (χ1v) is 6.75. The summed E-state index contributed by atoms with van der Waals surface area (Å²) in [6.45, 7) is 9.41. The van der Waals surface area contributed by atoms with Crippen molar-refractivity contribution in [3.05, 3.63) is 34.9 Å². The van der Waals surface area contributed by atoms with E-state index >= 15 is 0 Å². The lowest BCUT2D eigenvalue weighted by molar-refractivity contribution is -0.132. The molecule has 0 aromatic heterocycles. The molecule has 106 valence electrons. The molecule has 0 fully saturated rings. The van der Waals surface area contributed by atoms with Crippen LogP contribution in [0.4, 0.5) is 0 Å². The second-order valence-corrected chi connectivity index (χ2v) is 6.21. The Kier molecular flexibility index (Phi) is 5.12. The fraction of sp³-hybridized carbons (Fsp3) is 0.562. The Morgan fingerprint density at radius 2 is 1.89 bits per heavy atom. The Balaban J connectivity index is 2.66. The largest absolute Gasteiger partial charge is 0.341 e. The Morgan fingerprint density at radius 1 is 1.26 bits per heavy atom. The maximum absolute atomic E-state index is 12.1. The van der Waals surface area contributed by atoms with E-state index in [-0.39, 0.29) is 11.3 Å². The first-order valence-electron chi connectivity index (χ1n) is 6.75. The van der Waals surface area contributed by atoms with E-state index in [4.69, 9.17) is 5.73 Å². The molecular weight excluding hydrogens is 236 g/mol. The van der Waals surface area contributed by atoms with Crippen LogP contribution >= 0.6 is 0 Å². The Morgan fingerprint density at radius 3 is 2.42 bits per heavy atom. The average Bonchev–Trinajstić information content (AvgIpc) is 2.33. The SMILES string of the molecule is Cc1ccc(CN(C)C(=O)CC(C)(C)CN)cc1C. The Hall–Kier alpha value is -1.35. The van der Waals surface area contributed by atoms with Gasteiger partial charge < -0.3 is 10.6 Å². The number of benzene rings is 1. The summed E-state index contributed by atoms with van der Waals surface area (Å²) in [5, 5.41) is 0. The zero-order chi connectivity index (χ0) is 14.6. The van der Waals surface area contributed by atoms with Crippen LogP contribution in [0.2, 0.25) is 0 Å². The van der Waals surface area contributed by atoms with E-state index in [1.807, 2.05) is 20.9 Å². The minimum absolute atomic E-state index is 0.130. The van der Waals surface area contributed by atoms with Crippen LogP contribution in [0, 0.1) is 19.3 Å². The second kappa shape index (κ2) is 6.20. The van der Waals surface area contributed by atoms with Gasteiger partial charge in [0.15, 0.2) is 0 Å². The Labute approximate surface area is 116 Å². The van der Waals surface area contributed by atoms with E-state index in [1.54, 1.807) is 4.90 Å². The van der Waals surface area contributed by atoms with Crippen molar-refractivity contribution in [3.8, 4) is 0 Å². The van der Waals surface area contributed by atoms with Crippen LogP contribution in [0.15, 0.2) is 18.2 Å². The lowest BCUT2D eigenvalue weighted by Crippen LogP contribution is -2.34. The van der Waals surface area contributed by atoms with Crippen molar-refractivity contribution < 1.29 is 4.79 Å². The van der Waals surface area contributed by atoms with E-state index in [0.29, 0.717) is 19.5 Å². The van der Waals surface area contributed by atoms with Gasteiger partial charge >= 0.3 is 0 Å². The molecule has 0 saturated carbocycles. The van der Waals surface area contributed by atoms with Gasteiger partial charge in [0.2, 0.25) is 5.91 Å². The van der Waals surface area contributed by atoms with Gasteiger partial charge in [-0.15, -0.1) is 0 Å². The molecular formula is C16H26N2O. The number of carbonyl (C=O) groups excluding carboxylic acids is 1. The van der Waals surface area contributed by atoms with Gasteiger partial charge in [-0.05, 0) is 42.5 Å². The lowest BCUT2D eigenvalue weighted by Gasteiger charge is -2.25. The van der Waals surface area contributed by atoms with Crippen molar-refractivity contribution in [1.82, 2.24) is 4.90 Å². The number of aryl methyl sites for hydroxylation is 2. The minimum atomic E-state index is -0.130. The first kappa shape index (κ1) is 15.7. The standard InChI is InChI=1S/C16H26N2O/c1-12-6-7-14(8-13(12)2)10-18(5)15(19)9-16(3,4)11-17/h6-8H,9-11,17H2,1-5H3. The molecule has 1 amide bonds. The van der Waals surface area contributed by atoms with Crippen molar-refractivity contribution in [2.45, 2.75) is 40.7 Å². The predicted octanol–water partition coefficient (Wildman–Crippen LogP) is 2.64. The van der Waals surface area contributed by atoms with Crippen molar-refractivity contribution in [2.75, 3.05) is 13.6 Å². The highest BCUT2D eigenvalue weighted by Gasteiger charge is 2.22.